The van der Waals surface area contributed by atoms with Gasteiger partial charge in [0.15, 0.2) is 0 Å². The lowest BCUT2D eigenvalue weighted by Crippen LogP contribution is -2.16. The number of aryl methyl sites for hydroxylation is 2. The Morgan fingerprint density at radius 3 is 1.83 bits per heavy atom. The molecule has 2 rings (SSSR count). The molecule has 6 heteroatoms. The number of carbonyl (C=O) groups is 2. The number of ether oxygens (including phenoxy) is 3. The first kappa shape index (κ1) is 17.5. The highest BCUT2D eigenvalue weighted by Gasteiger charge is 2.28. The fourth-order valence-electron chi connectivity index (χ4n) is 2.67. The molecule has 24 heavy (non-hydrogen) atoms. The van der Waals surface area contributed by atoms with Crippen molar-refractivity contribution < 1.29 is 23.8 Å². The number of nitrogens with zero attached hydrogens (tertiary/aromatic N) is 1. The van der Waals surface area contributed by atoms with Crippen LogP contribution >= 0.6 is 0 Å². The van der Waals surface area contributed by atoms with Crippen molar-refractivity contribution in [2.75, 3.05) is 21.3 Å². The number of para-hydroxylation sites is 1. The molecule has 0 spiro atoms. The molecule has 2 aromatic rings. The van der Waals surface area contributed by atoms with Crippen molar-refractivity contribution in [2.45, 2.75) is 13.8 Å². The summed E-state index contributed by atoms with van der Waals surface area (Å²) in [5, 5.41) is 0. The molecule has 0 bridgehead atoms. The first-order chi connectivity index (χ1) is 11.5. The van der Waals surface area contributed by atoms with Crippen molar-refractivity contribution in [1.82, 2.24) is 4.98 Å². The van der Waals surface area contributed by atoms with Gasteiger partial charge >= 0.3 is 11.9 Å². The van der Waals surface area contributed by atoms with Crippen LogP contribution in [0.5, 0.6) is 5.75 Å². The lowest BCUT2D eigenvalue weighted by Gasteiger charge is -2.18. The van der Waals surface area contributed by atoms with Crippen molar-refractivity contribution in [3.8, 4) is 16.9 Å². The summed E-state index contributed by atoms with van der Waals surface area (Å²) in [5.41, 5.74) is 2.35. The van der Waals surface area contributed by atoms with Gasteiger partial charge in [0.05, 0.1) is 43.8 Å². The Balaban J connectivity index is 2.98. The van der Waals surface area contributed by atoms with Gasteiger partial charge in [-0.25, -0.2) is 9.59 Å². The third-order valence-corrected chi connectivity index (χ3v) is 3.71. The topological polar surface area (TPSA) is 74.7 Å². The van der Waals surface area contributed by atoms with Gasteiger partial charge in [-0.1, -0.05) is 18.2 Å². The van der Waals surface area contributed by atoms with E-state index in [0.29, 0.717) is 28.3 Å². The van der Waals surface area contributed by atoms with Crippen LogP contribution in [0.1, 0.15) is 32.1 Å². The predicted molar refractivity (Wildman–Crippen MR) is 88.4 cm³/mol. The highest BCUT2D eigenvalue weighted by Crippen LogP contribution is 2.37. The molecule has 0 aliphatic carbocycles. The zero-order chi connectivity index (χ0) is 17.9. The van der Waals surface area contributed by atoms with Gasteiger partial charge in [0.2, 0.25) is 0 Å². The zero-order valence-electron chi connectivity index (χ0n) is 14.3. The van der Waals surface area contributed by atoms with Crippen LogP contribution in [0.3, 0.4) is 0 Å². The summed E-state index contributed by atoms with van der Waals surface area (Å²) in [4.78, 5) is 29.0. The van der Waals surface area contributed by atoms with E-state index in [1.54, 1.807) is 38.1 Å². The number of rotatable bonds is 4. The minimum atomic E-state index is -0.578. The van der Waals surface area contributed by atoms with Gasteiger partial charge in [0, 0.05) is 11.1 Å². The molecule has 1 heterocycles. The van der Waals surface area contributed by atoms with Gasteiger partial charge < -0.3 is 14.2 Å². The number of benzene rings is 1. The molecule has 6 nitrogen and oxygen atoms in total. The third kappa shape index (κ3) is 2.95. The maximum Gasteiger partial charge on any atom is 0.340 e. The van der Waals surface area contributed by atoms with E-state index in [-0.39, 0.29) is 11.1 Å². The molecule has 0 unspecified atom stereocenters. The first-order valence-electron chi connectivity index (χ1n) is 7.27. The molecule has 0 amide bonds. The average Bonchev–Trinajstić information content (AvgIpc) is 2.59. The number of pyridine rings is 1. The summed E-state index contributed by atoms with van der Waals surface area (Å²) in [5.74, 6) is -0.630. The molecule has 126 valence electrons. The smallest absolute Gasteiger partial charge is 0.340 e. The van der Waals surface area contributed by atoms with Crippen molar-refractivity contribution >= 4 is 11.9 Å². The number of carbonyl (C=O) groups excluding carboxylic acids is 2. The van der Waals surface area contributed by atoms with Crippen molar-refractivity contribution in [1.29, 1.82) is 0 Å². The van der Waals surface area contributed by atoms with Crippen molar-refractivity contribution in [3.05, 3.63) is 46.8 Å². The summed E-state index contributed by atoms with van der Waals surface area (Å²) < 4.78 is 15.2. The van der Waals surface area contributed by atoms with Crippen LogP contribution in [0, 0.1) is 13.8 Å². The van der Waals surface area contributed by atoms with E-state index in [9.17, 15) is 9.59 Å². The maximum atomic E-state index is 12.3. The summed E-state index contributed by atoms with van der Waals surface area (Å²) in [6, 6.07) is 7.12. The Hall–Kier alpha value is -2.89. The third-order valence-electron chi connectivity index (χ3n) is 3.71. The van der Waals surface area contributed by atoms with Gasteiger partial charge in [-0.3, -0.25) is 4.98 Å². The van der Waals surface area contributed by atoms with E-state index in [1.807, 2.05) is 0 Å². The molecule has 0 atom stereocenters. The van der Waals surface area contributed by atoms with Crippen molar-refractivity contribution in [3.63, 3.8) is 0 Å². The van der Waals surface area contributed by atoms with Crippen LogP contribution in [-0.4, -0.2) is 38.3 Å². The molecular weight excluding hydrogens is 310 g/mol. The van der Waals surface area contributed by atoms with Crippen LogP contribution in [-0.2, 0) is 9.47 Å². The average molecular weight is 329 g/mol. The minimum Gasteiger partial charge on any atom is -0.496 e. The van der Waals surface area contributed by atoms with Gasteiger partial charge in [0.1, 0.15) is 5.75 Å². The second-order valence-corrected chi connectivity index (χ2v) is 5.09. The number of hydrogen-bond donors (Lipinski definition) is 0. The Kier molecular flexibility index (Phi) is 5.18. The molecular formula is C18H19NO5. The Labute approximate surface area is 140 Å². The van der Waals surface area contributed by atoms with E-state index in [2.05, 4.69) is 4.98 Å². The van der Waals surface area contributed by atoms with Crippen LogP contribution in [0.15, 0.2) is 24.3 Å². The fraction of sp³-hybridized carbons (Fsp3) is 0.278. The SMILES string of the molecule is COC(=O)c1c(C)nc(C)c(C(=O)OC)c1-c1ccccc1OC. The molecule has 0 saturated heterocycles. The minimum absolute atomic E-state index is 0.216. The van der Waals surface area contributed by atoms with E-state index < -0.39 is 11.9 Å². The monoisotopic (exact) mass is 329 g/mol. The molecule has 0 radical (unpaired) electrons. The Morgan fingerprint density at radius 2 is 1.38 bits per heavy atom. The Bertz CT molecular complexity index is 758. The van der Waals surface area contributed by atoms with E-state index in [0.717, 1.165) is 0 Å². The van der Waals surface area contributed by atoms with E-state index in [4.69, 9.17) is 14.2 Å². The molecule has 0 aliphatic heterocycles. The van der Waals surface area contributed by atoms with Crippen molar-refractivity contribution in [2.24, 2.45) is 0 Å². The van der Waals surface area contributed by atoms with Crippen LogP contribution < -0.4 is 4.74 Å². The maximum absolute atomic E-state index is 12.3. The number of aromatic nitrogens is 1. The summed E-state index contributed by atoms with van der Waals surface area (Å²) >= 11 is 0. The number of hydrogen-bond acceptors (Lipinski definition) is 6. The Morgan fingerprint density at radius 1 is 0.875 bits per heavy atom. The molecule has 0 aliphatic rings. The molecule has 0 N–H and O–H groups in total. The van der Waals surface area contributed by atoms with Crippen LogP contribution in [0.4, 0.5) is 0 Å². The summed E-state index contributed by atoms with van der Waals surface area (Å²) in [7, 11) is 4.09. The lowest BCUT2D eigenvalue weighted by atomic mass is 9.92. The molecule has 0 fully saturated rings. The normalized spacial score (nSPS) is 10.2. The fourth-order valence-corrected chi connectivity index (χ4v) is 2.67. The second kappa shape index (κ2) is 7.12. The van der Waals surface area contributed by atoms with Crippen LogP contribution in [0.2, 0.25) is 0 Å². The molecule has 0 saturated carbocycles. The van der Waals surface area contributed by atoms with Gasteiger partial charge in [0.25, 0.3) is 0 Å². The molecule has 1 aromatic heterocycles. The quantitative estimate of drug-likeness (QED) is 0.803. The molecule has 1 aromatic carbocycles. The number of esters is 2. The van der Waals surface area contributed by atoms with Gasteiger partial charge in [-0.15, -0.1) is 0 Å². The summed E-state index contributed by atoms with van der Waals surface area (Å²) in [6.45, 7) is 3.39. The largest absolute Gasteiger partial charge is 0.496 e. The summed E-state index contributed by atoms with van der Waals surface area (Å²) in [6.07, 6.45) is 0. The lowest BCUT2D eigenvalue weighted by molar-refractivity contribution is 0.0599. The second-order valence-electron chi connectivity index (χ2n) is 5.09. The zero-order valence-corrected chi connectivity index (χ0v) is 14.3. The van der Waals surface area contributed by atoms with E-state index in [1.165, 1.54) is 21.3 Å². The van der Waals surface area contributed by atoms with Gasteiger partial charge in [-0.05, 0) is 19.9 Å². The highest BCUT2D eigenvalue weighted by atomic mass is 16.5. The number of methoxy groups -OCH3 is 3. The van der Waals surface area contributed by atoms with E-state index >= 15 is 0 Å². The first-order valence-corrected chi connectivity index (χ1v) is 7.27. The predicted octanol–water partition coefficient (Wildman–Crippen LogP) is 2.95. The van der Waals surface area contributed by atoms with Gasteiger partial charge in [-0.2, -0.15) is 0 Å². The van der Waals surface area contributed by atoms with Crippen LogP contribution in [0.25, 0.3) is 11.1 Å². The standard InChI is InChI=1S/C18H19NO5/c1-10-14(17(20)23-4)16(12-8-6-7-9-13(12)22-3)15(11(2)19-10)18(21)24-5/h6-9H,1-5H3. The highest BCUT2D eigenvalue weighted by molar-refractivity contribution is 6.07.